The highest BCUT2D eigenvalue weighted by molar-refractivity contribution is 5.85. The smallest absolute Gasteiger partial charge is 0.317 e. The molecule has 0 bridgehead atoms. The molecule has 2 nitrogen and oxygen atoms in total. The predicted molar refractivity (Wildman–Crippen MR) is 92.4 cm³/mol. The minimum Gasteiger partial charge on any atom is -0.317 e. The first-order chi connectivity index (χ1) is 10.9. The van der Waals surface area contributed by atoms with Gasteiger partial charge < -0.3 is 5.32 Å². The van der Waals surface area contributed by atoms with E-state index in [1.165, 1.54) is 37.8 Å². The molecule has 136 valence electrons. The topological polar surface area (TPSA) is 15.3 Å². The molecule has 1 unspecified atom stereocenters. The van der Waals surface area contributed by atoms with Crippen LogP contribution in [0.1, 0.15) is 49.8 Å². The van der Waals surface area contributed by atoms with Crippen LogP contribution in [0, 0.1) is 5.92 Å². The summed E-state index contributed by atoms with van der Waals surface area (Å²) in [7, 11) is 0. The van der Waals surface area contributed by atoms with Crippen LogP contribution in [-0.2, 0) is 6.18 Å². The van der Waals surface area contributed by atoms with Gasteiger partial charge >= 0.3 is 6.18 Å². The molecule has 3 rings (SSSR count). The molecule has 1 saturated carbocycles. The van der Waals surface area contributed by atoms with Crippen LogP contribution in [0.2, 0.25) is 0 Å². The Bertz CT molecular complexity index is 525. The number of nitrogens with zero attached hydrogens (tertiary/aromatic N) is 1. The van der Waals surface area contributed by atoms with Crippen molar-refractivity contribution in [3.05, 3.63) is 35.4 Å². The summed E-state index contributed by atoms with van der Waals surface area (Å²) >= 11 is 0. The Morgan fingerprint density at radius 1 is 1.17 bits per heavy atom. The Labute approximate surface area is 148 Å². The van der Waals surface area contributed by atoms with Gasteiger partial charge in [-0.3, -0.25) is 4.90 Å². The number of nitrogens with one attached hydrogen (secondary N) is 1. The van der Waals surface area contributed by atoms with Gasteiger partial charge in [-0.25, -0.2) is 0 Å². The van der Waals surface area contributed by atoms with Gasteiger partial charge in [-0.2, -0.15) is 13.2 Å². The highest BCUT2D eigenvalue weighted by Gasteiger charge is 2.35. The molecule has 1 aliphatic carbocycles. The van der Waals surface area contributed by atoms with Gasteiger partial charge in [0.05, 0.1) is 5.56 Å². The molecule has 1 saturated heterocycles. The Kier molecular flexibility index (Phi) is 6.57. The summed E-state index contributed by atoms with van der Waals surface area (Å²) in [5, 5.41) is 3.37. The van der Waals surface area contributed by atoms with Crippen LogP contribution in [0.15, 0.2) is 24.3 Å². The lowest BCUT2D eigenvalue weighted by Gasteiger charge is -2.34. The van der Waals surface area contributed by atoms with Crippen LogP contribution < -0.4 is 5.32 Å². The standard InChI is InChI=1S/C18H25F3N2.ClH/c1-13(15-3-2-4-16(11-15)18(19,20)21)23(17-5-6-17)12-14-7-9-22-10-8-14;/h2-4,11,13-14,17,22H,5-10,12H2,1H3;1H. The highest BCUT2D eigenvalue weighted by Crippen LogP contribution is 2.37. The molecule has 1 heterocycles. The predicted octanol–water partition coefficient (Wildman–Crippen LogP) is 4.65. The first kappa shape index (κ1) is 19.5. The number of benzene rings is 1. The van der Waals surface area contributed by atoms with Gasteiger partial charge in [0.2, 0.25) is 0 Å². The molecule has 0 radical (unpaired) electrons. The Morgan fingerprint density at radius 3 is 2.42 bits per heavy atom. The van der Waals surface area contributed by atoms with Crippen LogP contribution >= 0.6 is 12.4 Å². The molecular formula is C18H26ClF3N2. The summed E-state index contributed by atoms with van der Waals surface area (Å²) in [5.41, 5.74) is 0.236. The fourth-order valence-corrected chi connectivity index (χ4v) is 3.56. The molecule has 1 aliphatic heterocycles. The second kappa shape index (κ2) is 8.07. The number of hydrogen-bond acceptors (Lipinski definition) is 2. The van der Waals surface area contributed by atoms with Crippen LogP contribution in [0.4, 0.5) is 13.2 Å². The molecule has 1 atom stereocenters. The third-order valence-electron chi connectivity index (χ3n) is 5.14. The highest BCUT2D eigenvalue weighted by atomic mass is 35.5. The Balaban J connectivity index is 0.00000208. The maximum atomic E-state index is 13.0. The van der Waals surface area contributed by atoms with Gasteiger partial charge in [0, 0.05) is 18.6 Å². The lowest BCUT2D eigenvalue weighted by molar-refractivity contribution is -0.137. The fourth-order valence-electron chi connectivity index (χ4n) is 3.56. The summed E-state index contributed by atoms with van der Waals surface area (Å²) < 4.78 is 38.9. The average molecular weight is 363 g/mol. The van der Waals surface area contributed by atoms with Crippen LogP contribution in [0.5, 0.6) is 0 Å². The Hall–Kier alpha value is -0.780. The van der Waals surface area contributed by atoms with E-state index in [0.717, 1.165) is 31.3 Å². The van der Waals surface area contributed by atoms with Crippen molar-refractivity contribution >= 4 is 12.4 Å². The van der Waals surface area contributed by atoms with Gasteiger partial charge in [0.25, 0.3) is 0 Å². The summed E-state index contributed by atoms with van der Waals surface area (Å²) in [6, 6.07) is 6.43. The summed E-state index contributed by atoms with van der Waals surface area (Å²) in [5.74, 6) is 0.657. The van der Waals surface area contributed by atoms with Gasteiger partial charge in [0.15, 0.2) is 0 Å². The van der Waals surface area contributed by atoms with Gasteiger partial charge in [-0.1, -0.05) is 12.1 Å². The average Bonchev–Trinajstić information content (AvgIpc) is 3.37. The van der Waals surface area contributed by atoms with Crippen molar-refractivity contribution in [1.82, 2.24) is 10.2 Å². The number of rotatable bonds is 5. The number of halogens is 4. The van der Waals surface area contributed by atoms with E-state index < -0.39 is 11.7 Å². The molecule has 2 fully saturated rings. The summed E-state index contributed by atoms with van der Waals surface area (Å²) in [6.07, 6.45) is 0.411. The third-order valence-corrected chi connectivity index (χ3v) is 5.14. The zero-order chi connectivity index (χ0) is 16.4. The minimum atomic E-state index is -4.27. The van der Waals surface area contributed by atoms with E-state index in [4.69, 9.17) is 0 Å². The molecule has 1 N–H and O–H groups in total. The van der Waals surface area contributed by atoms with Crippen LogP contribution in [0.3, 0.4) is 0 Å². The fraction of sp³-hybridized carbons (Fsp3) is 0.667. The van der Waals surface area contributed by atoms with E-state index in [2.05, 4.69) is 17.1 Å². The maximum Gasteiger partial charge on any atom is 0.416 e. The first-order valence-corrected chi connectivity index (χ1v) is 8.59. The van der Waals surface area contributed by atoms with Gasteiger partial charge in [-0.15, -0.1) is 12.4 Å². The number of piperidine rings is 1. The Morgan fingerprint density at radius 2 is 1.83 bits per heavy atom. The van der Waals surface area contributed by atoms with Crippen LogP contribution in [-0.4, -0.2) is 30.6 Å². The second-order valence-corrected chi connectivity index (χ2v) is 6.92. The molecule has 1 aromatic rings. The number of hydrogen-bond donors (Lipinski definition) is 1. The monoisotopic (exact) mass is 362 g/mol. The van der Waals surface area contributed by atoms with E-state index in [9.17, 15) is 13.2 Å². The lowest BCUT2D eigenvalue weighted by Crippen LogP contribution is -2.38. The van der Waals surface area contributed by atoms with Crippen molar-refractivity contribution in [2.75, 3.05) is 19.6 Å². The van der Waals surface area contributed by atoms with Gasteiger partial charge in [-0.05, 0) is 69.3 Å². The molecule has 1 aromatic carbocycles. The lowest BCUT2D eigenvalue weighted by atomic mass is 9.95. The maximum absolute atomic E-state index is 13.0. The molecule has 24 heavy (non-hydrogen) atoms. The normalized spacial score (nSPS) is 20.7. The SMILES string of the molecule is CC(c1cccc(C(F)(F)F)c1)N(CC1CCNCC1)C1CC1.Cl. The minimum absolute atomic E-state index is 0. The van der Waals surface area contributed by atoms with E-state index in [0.29, 0.717) is 12.0 Å². The molecule has 6 heteroatoms. The molecule has 0 amide bonds. The van der Waals surface area contributed by atoms with Gasteiger partial charge in [0.1, 0.15) is 0 Å². The van der Waals surface area contributed by atoms with E-state index in [-0.39, 0.29) is 18.4 Å². The van der Waals surface area contributed by atoms with Crippen molar-refractivity contribution < 1.29 is 13.2 Å². The summed E-state index contributed by atoms with van der Waals surface area (Å²) in [4.78, 5) is 2.44. The van der Waals surface area contributed by atoms with Crippen molar-refractivity contribution in [2.45, 2.75) is 50.9 Å². The molecular weight excluding hydrogens is 337 g/mol. The first-order valence-electron chi connectivity index (χ1n) is 8.59. The van der Waals surface area contributed by atoms with Crippen molar-refractivity contribution in [3.63, 3.8) is 0 Å². The van der Waals surface area contributed by atoms with Crippen molar-refractivity contribution in [2.24, 2.45) is 5.92 Å². The molecule has 2 aliphatic rings. The third kappa shape index (κ3) is 4.87. The van der Waals surface area contributed by atoms with Crippen LogP contribution in [0.25, 0.3) is 0 Å². The zero-order valence-corrected chi connectivity index (χ0v) is 14.8. The van der Waals surface area contributed by atoms with E-state index >= 15 is 0 Å². The van der Waals surface area contributed by atoms with Crippen molar-refractivity contribution in [1.29, 1.82) is 0 Å². The molecule has 0 spiro atoms. The van der Waals surface area contributed by atoms with E-state index in [1.807, 2.05) is 6.07 Å². The summed E-state index contributed by atoms with van der Waals surface area (Å²) in [6.45, 7) is 5.17. The number of alkyl halides is 3. The zero-order valence-electron chi connectivity index (χ0n) is 14.0. The van der Waals surface area contributed by atoms with E-state index in [1.54, 1.807) is 0 Å². The largest absolute Gasteiger partial charge is 0.416 e. The quantitative estimate of drug-likeness (QED) is 0.820. The molecule has 0 aromatic heterocycles. The van der Waals surface area contributed by atoms with Crippen molar-refractivity contribution in [3.8, 4) is 0 Å². The second-order valence-electron chi connectivity index (χ2n) is 6.92.